The predicted octanol–water partition coefficient (Wildman–Crippen LogP) is 1.14. The highest BCUT2D eigenvalue weighted by atomic mass is 16.1. The lowest BCUT2D eigenvalue weighted by Gasteiger charge is -2.10. The topological polar surface area (TPSA) is 72.9 Å². The van der Waals surface area contributed by atoms with E-state index in [1.54, 1.807) is 12.5 Å². The van der Waals surface area contributed by atoms with Gasteiger partial charge in [-0.05, 0) is 11.1 Å². The van der Waals surface area contributed by atoms with Gasteiger partial charge < -0.3 is 15.6 Å². The molecule has 0 saturated carbocycles. The summed E-state index contributed by atoms with van der Waals surface area (Å²) in [5, 5.41) is 2.88. The molecule has 1 aromatic heterocycles. The second-order valence-corrected chi connectivity index (χ2v) is 4.91. The second kappa shape index (κ2) is 6.86. The first-order valence-electron chi connectivity index (χ1n) is 6.70. The number of aromatic nitrogens is 2. The van der Waals surface area contributed by atoms with Crippen molar-refractivity contribution in [2.24, 2.45) is 11.7 Å². The van der Waals surface area contributed by atoms with Crippen molar-refractivity contribution in [3.63, 3.8) is 0 Å². The van der Waals surface area contributed by atoms with Crippen molar-refractivity contribution in [3.8, 4) is 0 Å². The van der Waals surface area contributed by atoms with Crippen molar-refractivity contribution in [1.29, 1.82) is 0 Å². The van der Waals surface area contributed by atoms with Gasteiger partial charge in [-0.2, -0.15) is 0 Å². The van der Waals surface area contributed by atoms with Gasteiger partial charge in [-0.25, -0.2) is 4.98 Å². The molecule has 0 aliphatic rings. The molecule has 0 spiro atoms. The van der Waals surface area contributed by atoms with Gasteiger partial charge in [0.1, 0.15) is 0 Å². The van der Waals surface area contributed by atoms with Crippen LogP contribution in [0, 0.1) is 5.92 Å². The van der Waals surface area contributed by atoms with Crippen molar-refractivity contribution in [1.82, 2.24) is 14.9 Å². The standard InChI is InChI=1S/C15H20N4O/c1-12(8-16)15(20)18-9-13-2-4-14(5-3-13)10-19-7-6-17-11-19/h2-7,11-12H,8-10,16H2,1H3,(H,18,20). The first kappa shape index (κ1) is 14.3. The van der Waals surface area contributed by atoms with Crippen molar-refractivity contribution in [2.45, 2.75) is 20.0 Å². The maximum Gasteiger partial charge on any atom is 0.224 e. The fourth-order valence-corrected chi connectivity index (χ4v) is 1.82. The number of nitrogens with one attached hydrogen (secondary N) is 1. The minimum Gasteiger partial charge on any atom is -0.352 e. The van der Waals surface area contributed by atoms with Crippen LogP contribution in [0.15, 0.2) is 43.0 Å². The number of nitrogens with two attached hydrogens (primary N) is 1. The summed E-state index contributed by atoms with van der Waals surface area (Å²) in [6.45, 7) is 3.53. The van der Waals surface area contributed by atoms with E-state index in [1.165, 1.54) is 5.56 Å². The molecule has 0 saturated heterocycles. The lowest BCUT2D eigenvalue weighted by molar-refractivity contribution is -0.124. The zero-order valence-corrected chi connectivity index (χ0v) is 11.6. The molecule has 1 atom stereocenters. The number of carbonyl (C=O) groups excluding carboxylic acids is 1. The summed E-state index contributed by atoms with van der Waals surface area (Å²) in [6, 6.07) is 8.18. The molecular weight excluding hydrogens is 252 g/mol. The monoisotopic (exact) mass is 272 g/mol. The van der Waals surface area contributed by atoms with Gasteiger partial charge in [-0.15, -0.1) is 0 Å². The smallest absolute Gasteiger partial charge is 0.224 e. The van der Waals surface area contributed by atoms with E-state index in [1.807, 2.05) is 29.8 Å². The molecule has 5 heteroatoms. The van der Waals surface area contributed by atoms with Gasteiger partial charge in [0.2, 0.25) is 5.91 Å². The summed E-state index contributed by atoms with van der Waals surface area (Å²) in [5.74, 6) is -0.148. The highest BCUT2D eigenvalue weighted by molar-refractivity contribution is 5.78. The van der Waals surface area contributed by atoms with E-state index in [2.05, 4.69) is 22.4 Å². The van der Waals surface area contributed by atoms with Crippen molar-refractivity contribution >= 4 is 5.91 Å². The molecule has 20 heavy (non-hydrogen) atoms. The van der Waals surface area contributed by atoms with Gasteiger partial charge >= 0.3 is 0 Å². The lowest BCUT2D eigenvalue weighted by Crippen LogP contribution is -2.32. The Bertz CT molecular complexity index is 534. The average Bonchev–Trinajstić information content (AvgIpc) is 2.98. The molecule has 2 aromatic rings. The molecule has 1 unspecified atom stereocenters. The number of rotatable bonds is 6. The van der Waals surface area contributed by atoms with Gasteiger partial charge in [0.05, 0.1) is 6.33 Å². The van der Waals surface area contributed by atoms with Gasteiger partial charge in [0.25, 0.3) is 0 Å². The Morgan fingerprint density at radius 3 is 2.65 bits per heavy atom. The molecule has 0 bridgehead atoms. The molecule has 5 nitrogen and oxygen atoms in total. The third kappa shape index (κ3) is 3.93. The minimum atomic E-state index is -0.143. The number of hydrogen-bond acceptors (Lipinski definition) is 3. The summed E-state index contributed by atoms with van der Waals surface area (Å²) < 4.78 is 2.01. The van der Waals surface area contributed by atoms with Crippen LogP contribution in [0.4, 0.5) is 0 Å². The molecule has 3 N–H and O–H groups in total. The number of nitrogens with zero attached hydrogens (tertiary/aromatic N) is 2. The number of hydrogen-bond donors (Lipinski definition) is 2. The summed E-state index contributed by atoms with van der Waals surface area (Å²) in [5.41, 5.74) is 7.74. The van der Waals surface area contributed by atoms with Crippen LogP contribution in [0.1, 0.15) is 18.1 Å². The molecule has 0 radical (unpaired) electrons. The number of amides is 1. The van der Waals surface area contributed by atoms with E-state index < -0.39 is 0 Å². The number of benzene rings is 1. The second-order valence-electron chi connectivity index (χ2n) is 4.91. The molecule has 1 heterocycles. The van der Waals surface area contributed by atoms with Crippen LogP contribution in [-0.4, -0.2) is 22.0 Å². The van der Waals surface area contributed by atoms with E-state index in [4.69, 9.17) is 5.73 Å². The van der Waals surface area contributed by atoms with E-state index in [9.17, 15) is 4.79 Å². The Balaban J connectivity index is 1.87. The Morgan fingerprint density at radius 2 is 2.05 bits per heavy atom. The third-order valence-corrected chi connectivity index (χ3v) is 3.22. The summed E-state index contributed by atoms with van der Waals surface area (Å²) >= 11 is 0. The molecule has 0 aliphatic carbocycles. The van der Waals surface area contributed by atoms with Gasteiger partial charge in [-0.1, -0.05) is 31.2 Å². The molecule has 2 rings (SSSR count). The molecular formula is C15H20N4O. The normalized spacial score (nSPS) is 12.1. The van der Waals surface area contributed by atoms with Crippen LogP contribution < -0.4 is 11.1 Å². The summed E-state index contributed by atoms with van der Waals surface area (Å²) in [7, 11) is 0. The molecule has 106 valence electrons. The van der Waals surface area contributed by atoms with E-state index in [0.29, 0.717) is 13.1 Å². The highest BCUT2D eigenvalue weighted by Gasteiger charge is 2.09. The maximum atomic E-state index is 11.6. The first-order valence-corrected chi connectivity index (χ1v) is 6.70. The van der Waals surface area contributed by atoms with Gasteiger partial charge in [-0.3, -0.25) is 4.79 Å². The van der Waals surface area contributed by atoms with Crippen LogP contribution >= 0.6 is 0 Å². The number of imidazole rings is 1. The molecule has 0 fully saturated rings. The molecule has 0 aliphatic heterocycles. The van der Waals surface area contributed by atoms with Crippen LogP contribution in [0.2, 0.25) is 0 Å². The van der Waals surface area contributed by atoms with E-state index in [0.717, 1.165) is 12.1 Å². The Labute approximate surface area is 118 Å². The zero-order chi connectivity index (χ0) is 14.4. The van der Waals surface area contributed by atoms with Crippen molar-refractivity contribution in [2.75, 3.05) is 6.54 Å². The summed E-state index contributed by atoms with van der Waals surface area (Å²) in [4.78, 5) is 15.6. The first-order chi connectivity index (χ1) is 9.69. The lowest BCUT2D eigenvalue weighted by atomic mass is 10.1. The molecule has 1 amide bonds. The van der Waals surface area contributed by atoms with Crippen molar-refractivity contribution in [3.05, 3.63) is 54.1 Å². The van der Waals surface area contributed by atoms with Crippen LogP contribution in [0.5, 0.6) is 0 Å². The fourth-order valence-electron chi connectivity index (χ4n) is 1.82. The van der Waals surface area contributed by atoms with Crippen LogP contribution in [0.3, 0.4) is 0 Å². The predicted molar refractivity (Wildman–Crippen MR) is 77.8 cm³/mol. The fraction of sp³-hybridized carbons (Fsp3) is 0.333. The van der Waals surface area contributed by atoms with Crippen LogP contribution in [0.25, 0.3) is 0 Å². The SMILES string of the molecule is CC(CN)C(=O)NCc1ccc(Cn2ccnc2)cc1. The Hall–Kier alpha value is -2.14. The largest absolute Gasteiger partial charge is 0.352 e. The number of carbonyl (C=O) groups is 1. The summed E-state index contributed by atoms with van der Waals surface area (Å²) in [6.07, 6.45) is 5.49. The maximum absolute atomic E-state index is 11.6. The van der Waals surface area contributed by atoms with E-state index >= 15 is 0 Å². The average molecular weight is 272 g/mol. The quantitative estimate of drug-likeness (QED) is 0.828. The Morgan fingerprint density at radius 1 is 1.35 bits per heavy atom. The van der Waals surface area contributed by atoms with Gasteiger partial charge in [0, 0.05) is 37.9 Å². The van der Waals surface area contributed by atoms with Crippen LogP contribution in [-0.2, 0) is 17.9 Å². The van der Waals surface area contributed by atoms with E-state index in [-0.39, 0.29) is 11.8 Å². The van der Waals surface area contributed by atoms with Crippen molar-refractivity contribution < 1.29 is 4.79 Å². The highest BCUT2D eigenvalue weighted by Crippen LogP contribution is 2.06. The molecule has 1 aromatic carbocycles. The van der Waals surface area contributed by atoms with Gasteiger partial charge in [0.15, 0.2) is 0 Å². The Kier molecular flexibility index (Phi) is 4.90. The zero-order valence-electron chi connectivity index (χ0n) is 11.6. The minimum absolute atomic E-state index is 0.00464. The third-order valence-electron chi connectivity index (χ3n) is 3.22.